The van der Waals surface area contributed by atoms with Crippen molar-refractivity contribution < 1.29 is 9.53 Å². The Morgan fingerprint density at radius 3 is 2.92 bits per heavy atom. The van der Waals surface area contributed by atoms with Gasteiger partial charge in [-0.3, -0.25) is 4.99 Å². The Labute approximate surface area is 153 Å². The summed E-state index contributed by atoms with van der Waals surface area (Å²) in [6.07, 6.45) is 1.21. The van der Waals surface area contributed by atoms with Crippen LogP contribution in [0.4, 0.5) is 0 Å². The van der Waals surface area contributed by atoms with Crippen LogP contribution in [-0.2, 0) is 4.74 Å². The molecule has 1 fully saturated rings. The number of guanidine groups is 1. The number of carbonyl (C=O) groups excluding carboxylic acids is 1. The van der Waals surface area contributed by atoms with Gasteiger partial charge in [-0.25, -0.2) is 9.78 Å². The highest BCUT2D eigenvalue weighted by Gasteiger charge is 2.22. The lowest BCUT2D eigenvalue weighted by Gasteiger charge is -2.18. The van der Waals surface area contributed by atoms with Gasteiger partial charge in [-0.1, -0.05) is 0 Å². The first kappa shape index (κ1) is 19.7. The van der Waals surface area contributed by atoms with Crippen molar-refractivity contribution in [2.75, 3.05) is 40.3 Å². The van der Waals surface area contributed by atoms with E-state index in [1.54, 1.807) is 14.0 Å². The average molecular weight is 368 g/mol. The molecule has 1 saturated heterocycles. The number of rotatable bonds is 6. The minimum Gasteiger partial charge on any atom is -0.462 e. The third-order valence-corrected chi connectivity index (χ3v) is 5.59. The van der Waals surface area contributed by atoms with E-state index in [1.165, 1.54) is 17.8 Å². The number of carbonyl (C=O) groups is 1. The van der Waals surface area contributed by atoms with E-state index in [9.17, 15) is 4.79 Å². The van der Waals surface area contributed by atoms with Gasteiger partial charge in [0.25, 0.3) is 0 Å². The Hall–Kier alpha value is -1.67. The van der Waals surface area contributed by atoms with E-state index in [-0.39, 0.29) is 12.0 Å². The molecule has 0 amide bonds. The molecule has 0 saturated carbocycles. The summed E-state index contributed by atoms with van der Waals surface area (Å²) in [4.78, 5) is 23.7. The molecular weight excluding hydrogens is 338 g/mol. The van der Waals surface area contributed by atoms with Crippen LogP contribution in [0, 0.1) is 12.8 Å². The van der Waals surface area contributed by atoms with E-state index in [0.29, 0.717) is 23.1 Å². The van der Waals surface area contributed by atoms with Crippen molar-refractivity contribution in [1.82, 2.24) is 20.5 Å². The third-order valence-electron chi connectivity index (χ3n) is 4.27. The lowest BCUT2D eigenvalue weighted by atomic mass is 10.1. The molecule has 2 N–H and O–H groups in total. The minimum absolute atomic E-state index is 0.0377. The predicted octanol–water partition coefficient (Wildman–Crippen LogP) is 1.81. The second kappa shape index (κ2) is 9.15. The van der Waals surface area contributed by atoms with Gasteiger partial charge in [0.2, 0.25) is 0 Å². The van der Waals surface area contributed by atoms with Gasteiger partial charge in [-0.15, -0.1) is 11.3 Å². The van der Waals surface area contributed by atoms with Crippen molar-refractivity contribution in [3.63, 3.8) is 0 Å². The zero-order valence-electron chi connectivity index (χ0n) is 15.8. The number of hydrogen-bond acceptors (Lipinski definition) is 6. The number of thiazole rings is 1. The van der Waals surface area contributed by atoms with Gasteiger partial charge < -0.3 is 20.3 Å². The maximum atomic E-state index is 11.9. The summed E-state index contributed by atoms with van der Waals surface area (Å²) in [5.74, 6) is 1.10. The third kappa shape index (κ3) is 5.40. The molecule has 2 atom stereocenters. The molecule has 7 nitrogen and oxygen atoms in total. The largest absolute Gasteiger partial charge is 0.462 e. The van der Waals surface area contributed by atoms with E-state index in [2.05, 4.69) is 32.6 Å². The minimum atomic E-state index is -0.302. The van der Waals surface area contributed by atoms with Crippen molar-refractivity contribution in [1.29, 1.82) is 0 Å². The maximum absolute atomic E-state index is 11.9. The lowest BCUT2D eigenvalue weighted by molar-refractivity contribution is 0.0531. The monoisotopic (exact) mass is 367 g/mol. The zero-order valence-corrected chi connectivity index (χ0v) is 16.6. The molecule has 1 aliphatic rings. The summed E-state index contributed by atoms with van der Waals surface area (Å²) in [7, 11) is 3.92. The summed E-state index contributed by atoms with van der Waals surface area (Å²) >= 11 is 1.37. The molecular formula is C17H29N5O2S. The SMILES string of the molecule is CCOC(=O)c1sc(C(C)NC(=NC)NCC2CCN(C)C2)nc1C. The Morgan fingerprint density at radius 1 is 1.56 bits per heavy atom. The molecule has 1 aromatic rings. The summed E-state index contributed by atoms with van der Waals surface area (Å²) in [5, 5.41) is 7.60. The Kier molecular flexibility index (Phi) is 7.19. The molecule has 2 unspecified atom stereocenters. The summed E-state index contributed by atoms with van der Waals surface area (Å²) < 4.78 is 5.08. The first-order valence-corrected chi connectivity index (χ1v) is 9.56. The van der Waals surface area contributed by atoms with Crippen molar-refractivity contribution in [2.45, 2.75) is 33.2 Å². The fourth-order valence-corrected chi connectivity index (χ4v) is 3.85. The Bertz CT molecular complexity index is 616. The number of aryl methyl sites for hydroxylation is 1. The first-order valence-electron chi connectivity index (χ1n) is 8.74. The molecule has 2 heterocycles. The molecule has 0 bridgehead atoms. The molecule has 1 aromatic heterocycles. The number of nitrogens with one attached hydrogen (secondary N) is 2. The van der Waals surface area contributed by atoms with Crippen LogP contribution >= 0.6 is 11.3 Å². The molecule has 140 valence electrons. The molecule has 2 rings (SSSR count). The van der Waals surface area contributed by atoms with Crippen molar-refractivity contribution >= 4 is 23.3 Å². The van der Waals surface area contributed by atoms with Crippen LogP contribution in [0.25, 0.3) is 0 Å². The second-order valence-corrected chi connectivity index (χ2v) is 7.45. The quantitative estimate of drug-likeness (QED) is 0.453. The molecule has 0 radical (unpaired) electrons. The number of nitrogens with zero attached hydrogens (tertiary/aromatic N) is 3. The van der Waals surface area contributed by atoms with Gasteiger partial charge in [0.05, 0.1) is 18.3 Å². The van der Waals surface area contributed by atoms with Gasteiger partial charge in [0, 0.05) is 20.1 Å². The van der Waals surface area contributed by atoms with Crippen LogP contribution < -0.4 is 10.6 Å². The number of aliphatic imine (C=N–C) groups is 1. The summed E-state index contributed by atoms with van der Waals surface area (Å²) in [5.41, 5.74) is 0.712. The zero-order chi connectivity index (χ0) is 18.4. The Balaban J connectivity index is 1.92. The van der Waals surface area contributed by atoms with Gasteiger partial charge in [-0.05, 0) is 46.7 Å². The van der Waals surface area contributed by atoms with E-state index in [4.69, 9.17) is 4.74 Å². The van der Waals surface area contributed by atoms with E-state index in [0.717, 1.165) is 30.6 Å². The molecule has 0 spiro atoms. The highest BCUT2D eigenvalue weighted by molar-refractivity contribution is 7.13. The van der Waals surface area contributed by atoms with Crippen molar-refractivity contribution in [3.05, 3.63) is 15.6 Å². The standard InChI is InChI=1S/C17H29N5O2S/c1-6-24-16(23)14-11(2)20-15(25-14)12(3)21-17(18-4)19-9-13-7-8-22(5)10-13/h12-13H,6-10H2,1-5H3,(H2,18,19,21). The van der Waals surface area contributed by atoms with Crippen LogP contribution in [-0.4, -0.2) is 62.1 Å². The molecule has 0 aliphatic carbocycles. The average Bonchev–Trinajstić information content (AvgIpc) is 3.17. The van der Waals surface area contributed by atoms with E-state index in [1.807, 2.05) is 13.8 Å². The number of aromatic nitrogens is 1. The smallest absolute Gasteiger partial charge is 0.350 e. The lowest BCUT2D eigenvalue weighted by Crippen LogP contribution is -2.41. The van der Waals surface area contributed by atoms with E-state index < -0.39 is 0 Å². The molecule has 1 aliphatic heterocycles. The van der Waals surface area contributed by atoms with Crippen LogP contribution in [0.1, 0.15) is 46.7 Å². The van der Waals surface area contributed by atoms with Crippen LogP contribution in [0.2, 0.25) is 0 Å². The van der Waals surface area contributed by atoms with E-state index >= 15 is 0 Å². The van der Waals surface area contributed by atoms with Crippen molar-refractivity contribution in [3.8, 4) is 0 Å². The normalized spacial score (nSPS) is 19.7. The summed E-state index contributed by atoms with van der Waals surface area (Å²) in [6, 6.07) is -0.0377. The highest BCUT2D eigenvalue weighted by Crippen LogP contribution is 2.24. The fraction of sp³-hybridized carbons (Fsp3) is 0.706. The Morgan fingerprint density at radius 2 is 2.32 bits per heavy atom. The predicted molar refractivity (Wildman–Crippen MR) is 101 cm³/mol. The second-order valence-electron chi connectivity index (χ2n) is 6.42. The van der Waals surface area contributed by atoms with Gasteiger partial charge in [0.1, 0.15) is 9.88 Å². The number of likely N-dealkylation sites (tertiary alicyclic amines) is 1. The van der Waals surface area contributed by atoms with Gasteiger partial charge in [0.15, 0.2) is 5.96 Å². The molecule has 25 heavy (non-hydrogen) atoms. The van der Waals surface area contributed by atoms with Crippen LogP contribution in [0.15, 0.2) is 4.99 Å². The van der Waals surface area contributed by atoms with Gasteiger partial charge >= 0.3 is 5.97 Å². The van der Waals surface area contributed by atoms with Crippen LogP contribution in [0.3, 0.4) is 0 Å². The number of esters is 1. The topological polar surface area (TPSA) is 78.8 Å². The van der Waals surface area contributed by atoms with Crippen molar-refractivity contribution in [2.24, 2.45) is 10.9 Å². The molecule has 0 aromatic carbocycles. The number of ether oxygens (including phenoxy) is 1. The first-order chi connectivity index (χ1) is 11.9. The molecule has 8 heteroatoms. The fourth-order valence-electron chi connectivity index (χ4n) is 2.88. The maximum Gasteiger partial charge on any atom is 0.350 e. The van der Waals surface area contributed by atoms with Crippen LogP contribution in [0.5, 0.6) is 0 Å². The summed E-state index contributed by atoms with van der Waals surface area (Å²) in [6.45, 7) is 9.20. The highest BCUT2D eigenvalue weighted by atomic mass is 32.1. The van der Waals surface area contributed by atoms with Gasteiger partial charge in [-0.2, -0.15) is 0 Å². The number of hydrogen-bond donors (Lipinski definition) is 2.